The molecule has 22 heavy (non-hydrogen) atoms. The molecule has 0 aliphatic rings. The van der Waals surface area contributed by atoms with Crippen LogP contribution in [0.4, 0.5) is 0 Å². The highest BCUT2D eigenvalue weighted by Gasteiger charge is 2.02. The molecule has 0 saturated carbocycles. The fourth-order valence-corrected chi connectivity index (χ4v) is 2.32. The molecule has 3 rings (SSSR count). The van der Waals surface area contributed by atoms with E-state index in [1.807, 2.05) is 54.6 Å². The first-order chi connectivity index (χ1) is 10.8. The van der Waals surface area contributed by atoms with Gasteiger partial charge in [-0.2, -0.15) is 9.78 Å². The van der Waals surface area contributed by atoms with Crippen LogP contribution in [0.2, 0.25) is 0 Å². The van der Waals surface area contributed by atoms with Gasteiger partial charge in [-0.15, -0.1) is 0 Å². The number of H-pyrrole nitrogens is 1. The molecule has 0 atom stereocenters. The SMILES string of the molecule is O=c1c2ccccc2[nH]c(=S)n1/N=C/C=C/c1ccccc1. The van der Waals surface area contributed by atoms with Crippen LogP contribution in [0.5, 0.6) is 0 Å². The Kier molecular flexibility index (Phi) is 4.07. The van der Waals surface area contributed by atoms with Gasteiger partial charge < -0.3 is 4.98 Å². The molecule has 0 amide bonds. The molecule has 0 aliphatic carbocycles. The van der Waals surface area contributed by atoms with Crippen molar-refractivity contribution in [3.8, 4) is 0 Å². The number of hydrogen-bond donors (Lipinski definition) is 1. The van der Waals surface area contributed by atoms with Crippen molar-refractivity contribution >= 4 is 35.4 Å². The van der Waals surface area contributed by atoms with Crippen molar-refractivity contribution in [3.63, 3.8) is 0 Å². The molecule has 0 bridgehead atoms. The summed E-state index contributed by atoms with van der Waals surface area (Å²) >= 11 is 5.18. The van der Waals surface area contributed by atoms with Crippen molar-refractivity contribution in [2.45, 2.75) is 0 Å². The van der Waals surface area contributed by atoms with Gasteiger partial charge in [0, 0.05) is 6.21 Å². The number of rotatable bonds is 3. The van der Waals surface area contributed by atoms with E-state index in [-0.39, 0.29) is 10.3 Å². The van der Waals surface area contributed by atoms with Crippen LogP contribution in [-0.2, 0) is 0 Å². The zero-order valence-corrected chi connectivity index (χ0v) is 12.5. The maximum Gasteiger partial charge on any atom is 0.282 e. The number of aromatic amines is 1. The molecule has 0 spiro atoms. The molecule has 0 aliphatic heterocycles. The van der Waals surface area contributed by atoms with Gasteiger partial charge in [-0.25, -0.2) is 0 Å². The van der Waals surface area contributed by atoms with E-state index in [1.54, 1.807) is 18.4 Å². The largest absolute Gasteiger partial charge is 0.330 e. The van der Waals surface area contributed by atoms with Crippen LogP contribution in [0.15, 0.2) is 70.6 Å². The molecule has 4 nitrogen and oxygen atoms in total. The summed E-state index contributed by atoms with van der Waals surface area (Å²) in [4.78, 5) is 15.3. The van der Waals surface area contributed by atoms with E-state index in [0.717, 1.165) is 5.56 Å². The minimum Gasteiger partial charge on any atom is -0.330 e. The first-order valence-electron chi connectivity index (χ1n) is 6.76. The maximum atomic E-state index is 12.4. The molecule has 0 fully saturated rings. The molecule has 1 aromatic heterocycles. The van der Waals surface area contributed by atoms with Gasteiger partial charge in [0.25, 0.3) is 5.56 Å². The maximum absolute atomic E-state index is 12.4. The molecule has 0 unspecified atom stereocenters. The average molecular weight is 307 g/mol. The van der Waals surface area contributed by atoms with Gasteiger partial charge in [0.05, 0.1) is 10.9 Å². The van der Waals surface area contributed by atoms with Gasteiger partial charge in [-0.1, -0.05) is 48.5 Å². The van der Waals surface area contributed by atoms with Gasteiger partial charge in [0.15, 0.2) is 0 Å². The zero-order chi connectivity index (χ0) is 15.4. The van der Waals surface area contributed by atoms with Gasteiger partial charge in [-0.05, 0) is 36.0 Å². The molecule has 0 radical (unpaired) electrons. The fourth-order valence-electron chi connectivity index (χ4n) is 2.08. The number of nitrogens with one attached hydrogen (secondary N) is 1. The Labute approximate surface area is 132 Å². The smallest absolute Gasteiger partial charge is 0.282 e. The lowest BCUT2D eigenvalue weighted by atomic mass is 10.2. The fraction of sp³-hybridized carbons (Fsp3) is 0. The van der Waals surface area contributed by atoms with E-state index in [1.165, 1.54) is 4.68 Å². The molecule has 3 aromatic rings. The Balaban J connectivity index is 1.94. The topological polar surface area (TPSA) is 50.1 Å². The third kappa shape index (κ3) is 2.94. The van der Waals surface area contributed by atoms with Crippen LogP contribution in [0.3, 0.4) is 0 Å². The molecular weight excluding hydrogens is 294 g/mol. The monoisotopic (exact) mass is 307 g/mol. The Morgan fingerprint density at radius 3 is 2.59 bits per heavy atom. The second-order valence-electron chi connectivity index (χ2n) is 4.63. The first kappa shape index (κ1) is 14.2. The summed E-state index contributed by atoms with van der Waals surface area (Å²) in [6.07, 6.45) is 5.22. The molecule has 0 saturated heterocycles. The predicted molar refractivity (Wildman–Crippen MR) is 92.8 cm³/mol. The van der Waals surface area contributed by atoms with Crippen molar-refractivity contribution in [3.05, 3.63) is 81.4 Å². The van der Waals surface area contributed by atoms with Crippen molar-refractivity contribution in [1.82, 2.24) is 9.66 Å². The van der Waals surface area contributed by atoms with Crippen LogP contribution in [0.1, 0.15) is 5.56 Å². The number of aromatic nitrogens is 2. The summed E-state index contributed by atoms with van der Waals surface area (Å²) in [5.74, 6) is 0. The minimum atomic E-state index is -0.233. The number of nitrogens with zero attached hydrogens (tertiary/aromatic N) is 2. The molecule has 5 heteroatoms. The van der Waals surface area contributed by atoms with Crippen LogP contribution in [0.25, 0.3) is 17.0 Å². The first-order valence-corrected chi connectivity index (χ1v) is 7.17. The second-order valence-corrected chi connectivity index (χ2v) is 5.01. The van der Waals surface area contributed by atoms with E-state index in [0.29, 0.717) is 10.9 Å². The Morgan fingerprint density at radius 2 is 1.77 bits per heavy atom. The summed E-state index contributed by atoms with van der Waals surface area (Å²) in [6, 6.07) is 17.1. The summed E-state index contributed by atoms with van der Waals surface area (Å²) in [6.45, 7) is 0. The molecule has 108 valence electrons. The number of fused-ring (bicyclic) bond motifs is 1. The predicted octanol–water partition coefficient (Wildman–Crippen LogP) is 3.61. The van der Waals surface area contributed by atoms with Crippen molar-refractivity contribution in [2.75, 3.05) is 0 Å². The van der Waals surface area contributed by atoms with Gasteiger partial charge in [0.2, 0.25) is 4.77 Å². The Bertz CT molecular complexity index is 968. The summed E-state index contributed by atoms with van der Waals surface area (Å²) < 4.78 is 1.46. The highest BCUT2D eigenvalue weighted by molar-refractivity contribution is 7.71. The lowest BCUT2D eigenvalue weighted by molar-refractivity contribution is 0.800. The van der Waals surface area contributed by atoms with Crippen molar-refractivity contribution in [2.24, 2.45) is 5.10 Å². The number of allylic oxidation sites excluding steroid dienone is 1. The van der Waals surface area contributed by atoms with Gasteiger partial charge >= 0.3 is 0 Å². The van der Waals surface area contributed by atoms with Crippen molar-refractivity contribution < 1.29 is 0 Å². The summed E-state index contributed by atoms with van der Waals surface area (Å²) in [5.41, 5.74) is 1.54. The number of hydrogen-bond acceptors (Lipinski definition) is 3. The lowest BCUT2D eigenvalue weighted by Crippen LogP contribution is -2.18. The molecular formula is C17H13N3OS. The van der Waals surface area contributed by atoms with Gasteiger partial charge in [0.1, 0.15) is 0 Å². The average Bonchev–Trinajstić information content (AvgIpc) is 2.55. The van der Waals surface area contributed by atoms with E-state index in [2.05, 4.69) is 10.1 Å². The standard InChI is InChI=1S/C17H13N3OS/c21-16-14-10-4-5-11-15(14)19-17(22)20(16)18-12-6-9-13-7-2-1-3-8-13/h1-12H,(H,19,22)/b9-6+,18-12+. The molecule has 1 heterocycles. The third-order valence-corrected chi connectivity index (χ3v) is 3.42. The summed E-state index contributed by atoms with van der Waals surface area (Å²) in [5, 5.41) is 4.68. The van der Waals surface area contributed by atoms with E-state index in [4.69, 9.17) is 12.2 Å². The van der Waals surface area contributed by atoms with E-state index in [9.17, 15) is 4.79 Å². The number of para-hydroxylation sites is 1. The van der Waals surface area contributed by atoms with E-state index < -0.39 is 0 Å². The number of benzene rings is 2. The van der Waals surface area contributed by atoms with Crippen LogP contribution >= 0.6 is 12.2 Å². The third-order valence-electron chi connectivity index (χ3n) is 3.14. The molecule has 1 N–H and O–H groups in total. The van der Waals surface area contributed by atoms with Crippen LogP contribution < -0.4 is 5.56 Å². The minimum absolute atomic E-state index is 0.233. The Morgan fingerprint density at radius 1 is 1.05 bits per heavy atom. The van der Waals surface area contributed by atoms with Gasteiger partial charge in [-0.3, -0.25) is 4.79 Å². The molecule has 2 aromatic carbocycles. The van der Waals surface area contributed by atoms with Crippen LogP contribution in [-0.4, -0.2) is 15.9 Å². The highest BCUT2D eigenvalue weighted by Crippen LogP contribution is 2.05. The van der Waals surface area contributed by atoms with Crippen molar-refractivity contribution in [1.29, 1.82) is 0 Å². The van der Waals surface area contributed by atoms with E-state index >= 15 is 0 Å². The normalized spacial score (nSPS) is 11.6. The zero-order valence-electron chi connectivity index (χ0n) is 11.6. The Hall–Kier alpha value is -2.79. The lowest BCUT2D eigenvalue weighted by Gasteiger charge is -2.01. The second kappa shape index (κ2) is 6.32. The summed E-state index contributed by atoms with van der Waals surface area (Å²) in [7, 11) is 0. The highest BCUT2D eigenvalue weighted by atomic mass is 32.1. The van der Waals surface area contributed by atoms with Crippen LogP contribution in [0, 0.1) is 4.77 Å². The quantitative estimate of drug-likeness (QED) is 0.593.